The molecule has 2 aromatic rings. The molecule has 0 heterocycles. The maximum absolute atomic E-state index is 14.0. The quantitative estimate of drug-likeness (QED) is 0.371. The van der Waals surface area contributed by atoms with Crippen molar-refractivity contribution in [2.24, 2.45) is 28.6 Å². The first-order valence-electron chi connectivity index (χ1n) is 15.0. The van der Waals surface area contributed by atoms with Crippen LogP contribution in [-0.2, 0) is 14.3 Å². The lowest BCUT2D eigenvalue weighted by Gasteiger charge is -2.54. The summed E-state index contributed by atoms with van der Waals surface area (Å²) in [5, 5.41) is 0. The number of allylic oxidation sites excluding steroid dienone is 2. The topological polar surface area (TPSA) is 69.7 Å². The lowest BCUT2D eigenvalue weighted by molar-refractivity contribution is -0.124. The third-order valence-corrected chi connectivity index (χ3v) is 10.9. The van der Waals surface area contributed by atoms with Crippen LogP contribution in [0, 0.1) is 28.6 Å². The van der Waals surface area contributed by atoms with Crippen molar-refractivity contribution in [3.63, 3.8) is 0 Å². The van der Waals surface area contributed by atoms with Gasteiger partial charge in [-0.3, -0.25) is 4.79 Å². The molecule has 2 saturated carbocycles. The predicted molar refractivity (Wildman–Crippen MR) is 153 cm³/mol. The van der Waals surface area contributed by atoms with E-state index in [-0.39, 0.29) is 46.7 Å². The molecule has 0 N–H and O–H groups in total. The number of ether oxygens (including phenoxy) is 2. The van der Waals surface area contributed by atoms with Gasteiger partial charge in [-0.15, -0.1) is 0 Å². The molecule has 0 bridgehead atoms. The Kier molecular flexibility index (Phi) is 6.96. The van der Waals surface area contributed by atoms with E-state index < -0.39 is 0 Å². The zero-order chi connectivity index (χ0) is 28.1. The Balaban J connectivity index is 1.18. The lowest BCUT2D eigenvalue weighted by Crippen LogP contribution is -2.49. The van der Waals surface area contributed by atoms with Gasteiger partial charge >= 0.3 is 11.9 Å². The molecule has 0 amide bonds. The maximum atomic E-state index is 14.0. The van der Waals surface area contributed by atoms with Crippen LogP contribution in [0.1, 0.15) is 92.9 Å². The van der Waals surface area contributed by atoms with E-state index in [0.717, 1.165) is 50.5 Å². The Morgan fingerprint density at radius 3 is 2.20 bits per heavy atom. The summed E-state index contributed by atoms with van der Waals surface area (Å²) < 4.78 is 11.9. The number of rotatable bonds is 5. The summed E-state index contributed by atoms with van der Waals surface area (Å²) in [4.78, 5) is 39.6. The minimum Gasteiger partial charge on any atom is -0.459 e. The lowest BCUT2D eigenvalue weighted by atomic mass is 9.50. The third-order valence-electron chi connectivity index (χ3n) is 10.9. The predicted octanol–water partition coefficient (Wildman–Crippen LogP) is 7.36. The first-order valence-corrected chi connectivity index (χ1v) is 15.0. The van der Waals surface area contributed by atoms with Gasteiger partial charge in [0.1, 0.15) is 12.2 Å². The molecule has 40 heavy (non-hydrogen) atoms. The number of carbonyl (C=O) groups excluding carboxylic acids is 3. The first-order chi connectivity index (χ1) is 19.2. The standard InChI is InChI=1S/C35H40O5/c1-22(39-32(37)23-10-6-4-7-11-23)28-16-17-29-27-15-14-25-20-26(40-33(38)24-12-8-5-9-13-24)18-19-34(25,2)31(27)30(36)21-35(28,29)3/h4-13,22,25-26,28-29H,14-21H2,1-3H3/t22-,25+,26+,28-,29+,34-,35+/m0/s1. The fraction of sp³-hybridized carbons (Fsp3) is 0.514. The largest absolute Gasteiger partial charge is 0.459 e. The van der Waals surface area contributed by atoms with Crippen molar-refractivity contribution in [1.82, 2.24) is 0 Å². The Morgan fingerprint density at radius 1 is 0.875 bits per heavy atom. The van der Waals surface area contributed by atoms with Crippen LogP contribution in [0.4, 0.5) is 0 Å². The Labute approximate surface area is 237 Å². The summed E-state index contributed by atoms with van der Waals surface area (Å²) in [5.41, 5.74) is 3.26. The summed E-state index contributed by atoms with van der Waals surface area (Å²) in [5.74, 6) is 0.587. The highest BCUT2D eigenvalue weighted by Crippen LogP contribution is 2.64. The van der Waals surface area contributed by atoms with Gasteiger partial charge in [0.2, 0.25) is 0 Å². The van der Waals surface area contributed by atoms with Crippen molar-refractivity contribution in [2.45, 2.75) is 84.3 Å². The monoisotopic (exact) mass is 540 g/mol. The number of hydrogen-bond acceptors (Lipinski definition) is 5. The van der Waals surface area contributed by atoms with Gasteiger partial charge in [-0.25, -0.2) is 9.59 Å². The van der Waals surface area contributed by atoms with Crippen LogP contribution in [0.2, 0.25) is 0 Å². The van der Waals surface area contributed by atoms with E-state index in [2.05, 4.69) is 13.8 Å². The first kappa shape index (κ1) is 27.0. The summed E-state index contributed by atoms with van der Waals surface area (Å²) in [6.07, 6.45) is 6.60. The molecule has 0 spiro atoms. The molecular weight excluding hydrogens is 500 g/mol. The molecule has 0 aromatic heterocycles. The van der Waals surface area contributed by atoms with Crippen LogP contribution in [0.15, 0.2) is 71.8 Å². The maximum Gasteiger partial charge on any atom is 0.338 e. The van der Waals surface area contributed by atoms with Crippen LogP contribution in [0.3, 0.4) is 0 Å². The highest BCUT2D eigenvalue weighted by atomic mass is 16.5. The molecule has 210 valence electrons. The van der Waals surface area contributed by atoms with Gasteiger partial charge in [-0.1, -0.05) is 55.8 Å². The van der Waals surface area contributed by atoms with Crippen molar-refractivity contribution in [3.8, 4) is 0 Å². The van der Waals surface area contributed by atoms with E-state index >= 15 is 0 Å². The van der Waals surface area contributed by atoms with E-state index in [0.29, 0.717) is 29.4 Å². The van der Waals surface area contributed by atoms with Crippen molar-refractivity contribution in [2.75, 3.05) is 0 Å². The molecule has 4 aliphatic carbocycles. The van der Waals surface area contributed by atoms with Crippen molar-refractivity contribution >= 4 is 17.7 Å². The Bertz CT molecular complexity index is 1330. The number of esters is 2. The van der Waals surface area contributed by atoms with Crippen LogP contribution in [0.5, 0.6) is 0 Å². The molecule has 6 rings (SSSR count). The van der Waals surface area contributed by atoms with Gasteiger partial charge in [0.15, 0.2) is 5.78 Å². The highest BCUT2D eigenvalue weighted by Gasteiger charge is 2.59. The molecule has 0 radical (unpaired) electrons. The molecule has 2 fully saturated rings. The Morgan fingerprint density at radius 2 is 1.52 bits per heavy atom. The summed E-state index contributed by atoms with van der Waals surface area (Å²) in [6.45, 7) is 6.56. The third kappa shape index (κ3) is 4.52. The number of benzene rings is 2. The fourth-order valence-electron chi connectivity index (χ4n) is 8.88. The summed E-state index contributed by atoms with van der Waals surface area (Å²) >= 11 is 0. The fourth-order valence-corrected chi connectivity index (χ4v) is 8.88. The van der Waals surface area contributed by atoms with Gasteiger partial charge in [0.25, 0.3) is 0 Å². The van der Waals surface area contributed by atoms with Crippen LogP contribution in [0.25, 0.3) is 0 Å². The molecular formula is C35H40O5. The van der Waals surface area contributed by atoms with Crippen molar-refractivity contribution in [3.05, 3.63) is 82.9 Å². The van der Waals surface area contributed by atoms with E-state index in [1.54, 1.807) is 24.3 Å². The molecule has 0 unspecified atom stereocenters. The van der Waals surface area contributed by atoms with E-state index in [4.69, 9.17) is 9.47 Å². The van der Waals surface area contributed by atoms with Crippen molar-refractivity contribution < 1.29 is 23.9 Å². The van der Waals surface area contributed by atoms with E-state index in [1.165, 1.54) is 5.57 Å². The molecule has 5 heteroatoms. The smallest absolute Gasteiger partial charge is 0.338 e. The molecule has 0 saturated heterocycles. The highest BCUT2D eigenvalue weighted by molar-refractivity contribution is 5.99. The van der Waals surface area contributed by atoms with Gasteiger partial charge in [-0.2, -0.15) is 0 Å². The Hall–Kier alpha value is -3.21. The van der Waals surface area contributed by atoms with E-state index in [1.807, 2.05) is 43.3 Å². The minimum atomic E-state index is -0.292. The number of ketones is 1. The molecule has 5 nitrogen and oxygen atoms in total. The second kappa shape index (κ2) is 10.3. The zero-order valence-electron chi connectivity index (χ0n) is 23.9. The van der Waals surface area contributed by atoms with Gasteiger partial charge in [0.05, 0.1) is 11.1 Å². The molecule has 4 aliphatic rings. The van der Waals surface area contributed by atoms with Crippen LogP contribution >= 0.6 is 0 Å². The molecule has 2 aromatic carbocycles. The summed E-state index contributed by atoms with van der Waals surface area (Å²) in [7, 11) is 0. The number of hydrogen-bond donors (Lipinski definition) is 0. The van der Waals surface area contributed by atoms with E-state index in [9.17, 15) is 14.4 Å². The number of carbonyl (C=O) groups is 3. The number of fused-ring (bicyclic) bond motifs is 4. The average Bonchev–Trinajstić information content (AvgIpc) is 3.30. The normalized spacial score (nSPS) is 33.8. The molecule has 0 aliphatic heterocycles. The minimum absolute atomic E-state index is 0.104. The molecule has 7 atom stereocenters. The van der Waals surface area contributed by atoms with Gasteiger partial charge in [0, 0.05) is 17.9 Å². The van der Waals surface area contributed by atoms with Gasteiger partial charge in [-0.05, 0) is 98.8 Å². The zero-order valence-corrected chi connectivity index (χ0v) is 23.9. The van der Waals surface area contributed by atoms with Gasteiger partial charge < -0.3 is 9.47 Å². The average molecular weight is 541 g/mol. The number of Topliss-reactive ketones (excluding diaryl/α,β-unsaturated/α-hetero) is 1. The summed E-state index contributed by atoms with van der Waals surface area (Å²) in [6, 6.07) is 18.3. The van der Waals surface area contributed by atoms with Crippen LogP contribution in [-0.4, -0.2) is 29.9 Å². The van der Waals surface area contributed by atoms with Crippen molar-refractivity contribution in [1.29, 1.82) is 0 Å². The second-order valence-corrected chi connectivity index (χ2v) is 13.0. The SMILES string of the molecule is C[C@H](OC(=O)c1ccccc1)[C@@H]1CC[C@@H]2C3=C(C(=O)C[C@@]21C)[C@@]1(C)CC[C@@H](OC(=O)c2ccccc2)C[C@H]1CC3. The second-order valence-electron chi connectivity index (χ2n) is 13.0. The van der Waals surface area contributed by atoms with Crippen LogP contribution < -0.4 is 0 Å².